The molecule has 1 aliphatic rings. The van der Waals surface area contributed by atoms with Gasteiger partial charge >= 0.3 is 0 Å². The lowest BCUT2D eigenvalue weighted by Gasteiger charge is -2.34. The minimum absolute atomic E-state index is 0.0237. The molecule has 0 aromatic heterocycles. The van der Waals surface area contributed by atoms with Gasteiger partial charge in [0.2, 0.25) is 0 Å². The van der Waals surface area contributed by atoms with E-state index in [-0.39, 0.29) is 17.8 Å². The molecule has 0 heterocycles. The molecule has 0 bridgehead atoms. The van der Waals surface area contributed by atoms with Crippen molar-refractivity contribution in [2.75, 3.05) is 13.6 Å². The van der Waals surface area contributed by atoms with Gasteiger partial charge in [-0.1, -0.05) is 17.3 Å². The topological polar surface area (TPSA) is 99.2 Å². The van der Waals surface area contributed by atoms with Crippen LogP contribution < -0.4 is 5.73 Å². The highest BCUT2D eigenvalue weighted by atomic mass is 16.4. The molecule has 0 unspecified atom stereocenters. The zero-order chi connectivity index (χ0) is 14.7. The summed E-state index contributed by atoms with van der Waals surface area (Å²) in [4.78, 5) is 13.9. The van der Waals surface area contributed by atoms with E-state index in [1.165, 1.54) is 0 Å². The molecule has 6 heteroatoms. The second-order valence-electron chi connectivity index (χ2n) is 5.24. The van der Waals surface area contributed by atoms with Crippen LogP contribution in [0, 0.1) is 5.92 Å². The second-order valence-corrected chi connectivity index (χ2v) is 5.24. The van der Waals surface area contributed by atoms with Crippen LogP contribution >= 0.6 is 0 Å². The first-order chi connectivity index (χ1) is 9.51. The summed E-state index contributed by atoms with van der Waals surface area (Å²) >= 11 is 0. The van der Waals surface area contributed by atoms with Gasteiger partial charge in [0.15, 0.2) is 5.84 Å². The molecule has 1 saturated carbocycles. The molecule has 4 N–H and O–H groups in total. The Morgan fingerprint density at radius 1 is 1.45 bits per heavy atom. The average molecular weight is 277 g/mol. The second kappa shape index (κ2) is 5.92. The molecule has 1 aromatic rings. The zero-order valence-corrected chi connectivity index (χ0v) is 11.4. The number of aliphatic hydroxyl groups is 1. The summed E-state index contributed by atoms with van der Waals surface area (Å²) in [6, 6.07) is 6.67. The Kier molecular flexibility index (Phi) is 4.24. The number of nitrogens with two attached hydrogens (primary N) is 1. The van der Waals surface area contributed by atoms with Gasteiger partial charge in [-0.25, -0.2) is 0 Å². The lowest BCUT2D eigenvalue weighted by atomic mass is 9.82. The van der Waals surface area contributed by atoms with E-state index in [4.69, 9.17) is 10.9 Å². The molecule has 0 aliphatic heterocycles. The minimum atomic E-state index is -0.215. The smallest absolute Gasteiger partial charge is 0.253 e. The summed E-state index contributed by atoms with van der Waals surface area (Å²) in [5, 5.41) is 20.8. The predicted molar refractivity (Wildman–Crippen MR) is 74.6 cm³/mol. The number of rotatable bonds is 4. The Morgan fingerprint density at radius 3 is 2.70 bits per heavy atom. The Bertz CT molecular complexity index is 524. The number of carbonyl (C=O) groups excluding carboxylic acids is 1. The van der Waals surface area contributed by atoms with Crippen molar-refractivity contribution < 1.29 is 15.1 Å². The van der Waals surface area contributed by atoms with E-state index in [2.05, 4.69) is 5.16 Å². The van der Waals surface area contributed by atoms with Crippen molar-refractivity contribution in [3.63, 3.8) is 0 Å². The number of aliphatic hydroxyl groups excluding tert-OH is 1. The van der Waals surface area contributed by atoms with Crippen LogP contribution in [0.2, 0.25) is 0 Å². The molecule has 0 saturated heterocycles. The van der Waals surface area contributed by atoms with Crippen molar-refractivity contribution in [3.8, 4) is 0 Å². The summed E-state index contributed by atoms with van der Waals surface area (Å²) in [6.45, 7) is 0.629. The van der Waals surface area contributed by atoms with E-state index in [1.807, 2.05) is 0 Å². The lowest BCUT2D eigenvalue weighted by Crippen LogP contribution is -2.39. The van der Waals surface area contributed by atoms with E-state index in [9.17, 15) is 9.90 Å². The fraction of sp³-hybridized carbons (Fsp3) is 0.429. The van der Waals surface area contributed by atoms with Gasteiger partial charge in [-0.15, -0.1) is 0 Å². The summed E-state index contributed by atoms with van der Waals surface area (Å²) < 4.78 is 0. The molecule has 1 fully saturated rings. The first-order valence-electron chi connectivity index (χ1n) is 6.52. The lowest BCUT2D eigenvalue weighted by molar-refractivity contribution is 0.0265. The van der Waals surface area contributed by atoms with Gasteiger partial charge in [0.1, 0.15) is 0 Å². The molecule has 1 amide bonds. The largest absolute Gasteiger partial charge is 0.409 e. The number of hydrogen-bond donors (Lipinski definition) is 3. The number of hydrogen-bond acceptors (Lipinski definition) is 4. The van der Waals surface area contributed by atoms with Crippen LogP contribution in [0.4, 0.5) is 0 Å². The van der Waals surface area contributed by atoms with Crippen molar-refractivity contribution in [1.29, 1.82) is 0 Å². The van der Waals surface area contributed by atoms with Crippen LogP contribution in [0.1, 0.15) is 28.8 Å². The highest BCUT2D eigenvalue weighted by molar-refractivity contribution is 6.01. The van der Waals surface area contributed by atoms with Crippen LogP contribution in [-0.4, -0.2) is 46.7 Å². The van der Waals surface area contributed by atoms with E-state index in [1.54, 1.807) is 36.2 Å². The third-order valence-electron chi connectivity index (χ3n) is 3.60. The number of amides is 1. The average Bonchev–Trinajstić information content (AvgIpc) is 2.44. The van der Waals surface area contributed by atoms with Crippen molar-refractivity contribution in [2.45, 2.75) is 18.9 Å². The number of oxime groups is 1. The third-order valence-corrected chi connectivity index (χ3v) is 3.60. The zero-order valence-electron chi connectivity index (χ0n) is 11.4. The first kappa shape index (κ1) is 14.3. The minimum Gasteiger partial charge on any atom is -0.409 e. The summed E-state index contributed by atoms with van der Waals surface area (Å²) in [6.07, 6.45) is 1.29. The number of nitrogens with zero attached hydrogens (tertiary/aromatic N) is 2. The molecule has 1 aliphatic carbocycles. The summed E-state index contributed by atoms with van der Waals surface area (Å²) in [5.41, 5.74) is 6.52. The standard InChI is InChI=1S/C14H19N3O3/c1-17(8-9-5-12(18)6-9)14(19)11-4-2-3-10(7-11)13(15)16-20/h2-4,7,9,12,18,20H,5-6,8H2,1H3,(H2,15,16). The molecule has 108 valence electrons. The highest BCUT2D eigenvalue weighted by Crippen LogP contribution is 2.27. The maximum atomic E-state index is 12.3. The Balaban J connectivity index is 2.04. The van der Waals surface area contributed by atoms with E-state index in [0.29, 0.717) is 23.6 Å². The van der Waals surface area contributed by atoms with Crippen LogP contribution in [0.25, 0.3) is 0 Å². The SMILES string of the molecule is CN(CC1CC(O)C1)C(=O)c1cccc(C(N)=NO)c1. The maximum Gasteiger partial charge on any atom is 0.253 e. The van der Waals surface area contributed by atoms with Crippen LogP contribution in [0.5, 0.6) is 0 Å². The van der Waals surface area contributed by atoms with Crippen molar-refractivity contribution in [1.82, 2.24) is 4.90 Å². The Labute approximate surface area is 117 Å². The molecule has 20 heavy (non-hydrogen) atoms. The molecular weight excluding hydrogens is 258 g/mol. The number of carbonyl (C=O) groups is 1. The molecular formula is C14H19N3O3. The van der Waals surface area contributed by atoms with Crippen LogP contribution in [-0.2, 0) is 0 Å². The van der Waals surface area contributed by atoms with Gasteiger partial charge in [-0.2, -0.15) is 0 Å². The molecule has 6 nitrogen and oxygen atoms in total. The first-order valence-corrected chi connectivity index (χ1v) is 6.52. The van der Waals surface area contributed by atoms with E-state index >= 15 is 0 Å². The van der Waals surface area contributed by atoms with Crippen LogP contribution in [0.3, 0.4) is 0 Å². The Hall–Kier alpha value is -2.08. The van der Waals surface area contributed by atoms with E-state index < -0.39 is 0 Å². The van der Waals surface area contributed by atoms with E-state index in [0.717, 1.165) is 12.8 Å². The molecule has 0 radical (unpaired) electrons. The molecule has 1 aromatic carbocycles. The molecule has 2 rings (SSSR count). The predicted octanol–water partition coefficient (Wildman–Crippen LogP) is 0.624. The summed E-state index contributed by atoms with van der Waals surface area (Å²) in [5.74, 6) is 0.231. The van der Waals surface area contributed by atoms with Gasteiger partial charge in [0.25, 0.3) is 5.91 Å². The fourth-order valence-electron chi connectivity index (χ4n) is 2.41. The third kappa shape index (κ3) is 3.08. The number of amidine groups is 1. The monoisotopic (exact) mass is 277 g/mol. The molecule has 0 spiro atoms. The van der Waals surface area contributed by atoms with Gasteiger partial charge in [-0.3, -0.25) is 4.79 Å². The maximum absolute atomic E-state index is 12.3. The van der Waals surface area contributed by atoms with Gasteiger partial charge in [0.05, 0.1) is 6.10 Å². The van der Waals surface area contributed by atoms with Gasteiger partial charge in [-0.05, 0) is 30.9 Å². The highest BCUT2D eigenvalue weighted by Gasteiger charge is 2.29. The van der Waals surface area contributed by atoms with Gasteiger partial charge in [0, 0.05) is 24.7 Å². The van der Waals surface area contributed by atoms with Crippen molar-refractivity contribution in [3.05, 3.63) is 35.4 Å². The number of benzene rings is 1. The van der Waals surface area contributed by atoms with Crippen molar-refractivity contribution in [2.24, 2.45) is 16.8 Å². The fourth-order valence-corrected chi connectivity index (χ4v) is 2.41. The normalized spacial score (nSPS) is 22.2. The quantitative estimate of drug-likeness (QED) is 0.325. The van der Waals surface area contributed by atoms with Crippen LogP contribution in [0.15, 0.2) is 29.4 Å². The molecule has 0 atom stereocenters. The summed E-state index contributed by atoms with van der Waals surface area (Å²) in [7, 11) is 1.74. The van der Waals surface area contributed by atoms with Gasteiger partial charge < -0.3 is 20.9 Å². The van der Waals surface area contributed by atoms with Crippen molar-refractivity contribution >= 4 is 11.7 Å². The Morgan fingerprint density at radius 2 is 2.10 bits per heavy atom.